The van der Waals surface area contributed by atoms with Crippen molar-refractivity contribution in [3.05, 3.63) is 0 Å². The van der Waals surface area contributed by atoms with Crippen molar-refractivity contribution in [3.63, 3.8) is 0 Å². The Hall–Kier alpha value is -0.0800. The molecule has 0 spiro atoms. The Bertz CT molecular complexity index is 97.4. The van der Waals surface area contributed by atoms with Crippen molar-refractivity contribution in [2.45, 2.75) is 26.2 Å². The molecule has 2 heteroatoms. The molecule has 0 aromatic carbocycles. The maximum atomic E-state index is 8.62. The fourth-order valence-electron chi connectivity index (χ4n) is 1.59. The molecule has 60 valence electrons. The average molecular weight is 143 g/mol. The predicted octanol–water partition coefficient (Wildman–Crippen LogP) is 0.759. The van der Waals surface area contributed by atoms with E-state index in [1.807, 2.05) is 0 Å². The van der Waals surface area contributed by atoms with Crippen LogP contribution >= 0.6 is 0 Å². The first-order chi connectivity index (χ1) is 4.77. The van der Waals surface area contributed by atoms with Crippen LogP contribution in [0.15, 0.2) is 0 Å². The molecule has 1 atom stereocenters. The molecule has 0 bridgehead atoms. The van der Waals surface area contributed by atoms with E-state index in [1.54, 1.807) is 0 Å². The summed E-state index contributed by atoms with van der Waals surface area (Å²) >= 11 is 0. The van der Waals surface area contributed by atoms with Gasteiger partial charge in [-0.3, -0.25) is 0 Å². The highest BCUT2D eigenvalue weighted by atomic mass is 16.2. The summed E-state index contributed by atoms with van der Waals surface area (Å²) in [6.07, 6.45) is 3.39. The molecule has 0 aromatic heterocycles. The van der Waals surface area contributed by atoms with E-state index in [0.717, 1.165) is 25.9 Å². The molecule has 1 fully saturated rings. The van der Waals surface area contributed by atoms with Gasteiger partial charge in [0.1, 0.15) is 0 Å². The largest absolute Gasteiger partial charge is 0.396 e. The third-order valence-electron chi connectivity index (χ3n) is 2.40. The Morgan fingerprint density at radius 1 is 1.60 bits per heavy atom. The standard InChI is InChI=1S/C8H17NO/c1-8(3-2-6-10)4-5-9-7-8/h9-10H,2-7H2,1H3. The van der Waals surface area contributed by atoms with Crippen molar-refractivity contribution >= 4 is 0 Å². The van der Waals surface area contributed by atoms with Gasteiger partial charge in [-0.1, -0.05) is 6.92 Å². The van der Waals surface area contributed by atoms with E-state index >= 15 is 0 Å². The van der Waals surface area contributed by atoms with Gasteiger partial charge in [0.05, 0.1) is 0 Å². The van der Waals surface area contributed by atoms with Crippen molar-refractivity contribution in [3.8, 4) is 0 Å². The van der Waals surface area contributed by atoms with Crippen LogP contribution in [0, 0.1) is 5.41 Å². The smallest absolute Gasteiger partial charge is 0.0431 e. The van der Waals surface area contributed by atoms with Crippen molar-refractivity contribution < 1.29 is 5.11 Å². The van der Waals surface area contributed by atoms with Gasteiger partial charge in [0, 0.05) is 13.2 Å². The van der Waals surface area contributed by atoms with Gasteiger partial charge in [-0.25, -0.2) is 0 Å². The number of aliphatic hydroxyl groups is 1. The Morgan fingerprint density at radius 3 is 2.90 bits per heavy atom. The van der Waals surface area contributed by atoms with Crippen LogP contribution < -0.4 is 5.32 Å². The van der Waals surface area contributed by atoms with Gasteiger partial charge in [0.2, 0.25) is 0 Å². The first-order valence-electron chi connectivity index (χ1n) is 4.08. The van der Waals surface area contributed by atoms with Crippen LogP contribution in [0.4, 0.5) is 0 Å². The number of hydrogen-bond donors (Lipinski definition) is 2. The first-order valence-corrected chi connectivity index (χ1v) is 4.08. The highest BCUT2D eigenvalue weighted by Crippen LogP contribution is 2.29. The van der Waals surface area contributed by atoms with Gasteiger partial charge in [-0.2, -0.15) is 0 Å². The highest BCUT2D eigenvalue weighted by molar-refractivity contribution is 4.83. The fourth-order valence-corrected chi connectivity index (χ4v) is 1.59. The molecule has 0 aliphatic carbocycles. The lowest BCUT2D eigenvalue weighted by Gasteiger charge is -2.21. The third kappa shape index (κ3) is 1.96. The number of rotatable bonds is 3. The molecule has 1 unspecified atom stereocenters. The quantitative estimate of drug-likeness (QED) is 0.611. The van der Waals surface area contributed by atoms with Crippen LogP contribution in [0.2, 0.25) is 0 Å². The molecule has 1 heterocycles. The zero-order valence-corrected chi connectivity index (χ0v) is 6.69. The molecule has 10 heavy (non-hydrogen) atoms. The van der Waals surface area contributed by atoms with Gasteiger partial charge >= 0.3 is 0 Å². The normalized spacial score (nSPS) is 33.0. The molecule has 1 saturated heterocycles. The first kappa shape index (κ1) is 8.02. The Balaban J connectivity index is 2.22. The molecule has 2 nitrogen and oxygen atoms in total. The monoisotopic (exact) mass is 143 g/mol. The lowest BCUT2D eigenvalue weighted by molar-refractivity contribution is 0.241. The second-order valence-corrected chi connectivity index (χ2v) is 3.56. The molecule has 2 N–H and O–H groups in total. The predicted molar refractivity (Wildman–Crippen MR) is 41.9 cm³/mol. The maximum Gasteiger partial charge on any atom is 0.0431 e. The van der Waals surface area contributed by atoms with Gasteiger partial charge in [-0.05, 0) is 31.2 Å². The van der Waals surface area contributed by atoms with Crippen LogP contribution in [0.25, 0.3) is 0 Å². The van der Waals surface area contributed by atoms with Gasteiger partial charge < -0.3 is 10.4 Å². The van der Waals surface area contributed by atoms with Crippen molar-refractivity contribution in [1.29, 1.82) is 0 Å². The average Bonchev–Trinajstić information content (AvgIpc) is 2.33. The lowest BCUT2D eigenvalue weighted by atomic mass is 9.85. The Kier molecular flexibility index (Phi) is 2.69. The second-order valence-electron chi connectivity index (χ2n) is 3.56. The summed E-state index contributed by atoms with van der Waals surface area (Å²) < 4.78 is 0. The molecular weight excluding hydrogens is 126 g/mol. The lowest BCUT2D eigenvalue weighted by Crippen LogP contribution is -2.20. The summed E-state index contributed by atoms with van der Waals surface area (Å²) in [5.74, 6) is 0. The van der Waals surface area contributed by atoms with Crippen LogP contribution in [0.3, 0.4) is 0 Å². The summed E-state index contributed by atoms with van der Waals surface area (Å²) in [6.45, 7) is 4.92. The number of aliphatic hydroxyl groups excluding tert-OH is 1. The topological polar surface area (TPSA) is 32.3 Å². The van der Waals surface area contributed by atoms with E-state index in [4.69, 9.17) is 5.11 Å². The SMILES string of the molecule is CC1(CCCO)CCNC1. The van der Waals surface area contributed by atoms with Crippen LogP contribution in [-0.4, -0.2) is 24.8 Å². The summed E-state index contributed by atoms with van der Waals surface area (Å²) in [5.41, 5.74) is 0.475. The molecule has 1 aliphatic rings. The van der Waals surface area contributed by atoms with Crippen molar-refractivity contribution in [1.82, 2.24) is 5.32 Å². The maximum absolute atomic E-state index is 8.62. The summed E-state index contributed by atoms with van der Waals surface area (Å²) in [6, 6.07) is 0. The van der Waals surface area contributed by atoms with E-state index in [1.165, 1.54) is 6.42 Å². The number of nitrogens with one attached hydrogen (secondary N) is 1. The Labute approximate surface area is 62.6 Å². The molecule has 0 aromatic rings. The fraction of sp³-hybridized carbons (Fsp3) is 1.00. The van der Waals surface area contributed by atoms with Gasteiger partial charge in [-0.15, -0.1) is 0 Å². The van der Waals surface area contributed by atoms with Gasteiger partial charge in [0.25, 0.3) is 0 Å². The molecule has 0 amide bonds. The highest BCUT2D eigenvalue weighted by Gasteiger charge is 2.27. The minimum absolute atomic E-state index is 0.343. The summed E-state index contributed by atoms with van der Waals surface area (Å²) in [7, 11) is 0. The van der Waals surface area contributed by atoms with Crippen LogP contribution in [0.5, 0.6) is 0 Å². The van der Waals surface area contributed by atoms with E-state index in [9.17, 15) is 0 Å². The minimum Gasteiger partial charge on any atom is -0.396 e. The minimum atomic E-state index is 0.343. The molecule has 1 rings (SSSR count). The van der Waals surface area contributed by atoms with Crippen molar-refractivity contribution in [2.75, 3.05) is 19.7 Å². The number of hydrogen-bond acceptors (Lipinski definition) is 2. The Morgan fingerprint density at radius 2 is 2.40 bits per heavy atom. The van der Waals surface area contributed by atoms with Crippen LogP contribution in [-0.2, 0) is 0 Å². The molecular formula is C8H17NO. The molecule has 1 aliphatic heterocycles. The van der Waals surface area contributed by atoms with E-state index < -0.39 is 0 Å². The zero-order chi connectivity index (χ0) is 7.45. The summed E-state index contributed by atoms with van der Waals surface area (Å²) in [4.78, 5) is 0. The van der Waals surface area contributed by atoms with Gasteiger partial charge in [0.15, 0.2) is 0 Å². The molecule has 0 saturated carbocycles. The zero-order valence-electron chi connectivity index (χ0n) is 6.69. The van der Waals surface area contributed by atoms with E-state index in [0.29, 0.717) is 12.0 Å². The molecule has 0 radical (unpaired) electrons. The summed E-state index contributed by atoms with van der Waals surface area (Å²) in [5, 5.41) is 12.0. The van der Waals surface area contributed by atoms with Crippen LogP contribution in [0.1, 0.15) is 26.2 Å². The third-order valence-corrected chi connectivity index (χ3v) is 2.40. The second kappa shape index (κ2) is 3.35. The van der Waals surface area contributed by atoms with E-state index in [-0.39, 0.29) is 0 Å². The van der Waals surface area contributed by atoms with E-state index in [2.05, 4.69) is 12.2 Å². The van der Waals surface area contributed by atoms with Crippen molar-refractivity contribution in [2.24, 2.45) is 5.41 Å².